The summed E-state index contributed by atoms with van der Waals surface area (Å²) in [5.41, 5.74) is 0.280. The second-order valence-electron chi connectivity index (χ2n) is 4.59. The van der Waals surface area contributed by atoms with Crippen molar-refractivity contribution in [2.45, 2.75) is 13.1 Å². The van der Waals surface area contributed by atoms with Crippen LogP contribution in [0.1, 0.15) is 12.5 Å². The predicted molar refractivity (Wildman–Crippen MR) is 79.9 cm³/mol. The maximum atomic E-state index is 12.5. The molecule has 0 aromatic heterocycles. The van der Waals surface area contributed by atoms with E-state index in [9.17, 15) is 18.0 Å². The van der Waals surface area contributed by atoms with Crippen molar-refractivity contribution in [3.05, 3.63) is 60.2 Å². The number of urea groups is 1. The van der Waals surface area contributed by atoms with Crippen LogP contribution in [0.5, 0.6) is 0 Å². The lowest BCUT2D eigenvalue weighted by Gasteiger charge is -2.21. The van der Waals surface area contributed by atoms with Crippen LogP contribution in [-0.4, -0.2) is 12.6 Å². The van der Waals surface area contributed by atoms with Crippen LogP contribution in [-0.2, 0) is 6.18 Å². The molecule has 0 fully saturated rings. The van der Waals surface area contributed by atoms with E-state index in [1.165, 1.54) is 17.0 Å². The second kappa shape index (κ2) is 6.51. The highest BCUT2D eigenvalue weighted by atomic mass is 19.4. The van der Waals surface area contributed by atoms with Gasteiger partial charge in [-0.1, -0.05) is 18.2 Å². The number of hydrogen-bond acceptors (Lipinski definition) is 1. The third kappa shape index (κ3) is 3.78. The van der Waals surface area contributed by atoms with Crippen LogP contribution in [0.15, 0.2) is 54.6 Å². The van der Waals surface area contributed by atoms with Crippen LogP contribution in [0.2, 0.25) is 0 Å². The molecule has 1 N–H and O–H groups in total. The molecule has 0 unspecified atom stereocenters. The van der Waals surface area contributed by atoms with E-state index in [1.807, 2.05) is 25.1 Å². The van der Waals surface area contributed by atoms with E-state index in [2.05, 4.69) is 5.32 Å². The molecule has 2 amide bonds. The first kappa shape index (κ1) is 15.9. The van der Waals surface area contributed by atoms with E-state index in [1.54, 1.807) is 12.1 Å². The first-order chi connectivity index (χ1) is 10.4. The second-order valence-corrected chi connectivity index (χ2v) is 4.59. The Labute approximate surface area is 126 Å². The zero-order valence-electron chi connectivity index (χ0n) is 11.9. The molecule has 3 nitrogen and oxygen atoms in total. The van der Waals surface area contributed by atoms with Gasteiger partial charge in [0.2, 0.25) is 0 Å². The zero-order chi connectivity index (χ0) is 16.2. The Kier molecular flexibility index (Phi) is 4.70. The minimum atomic E-state index is -4.39. The number of rotatable bonds is 3. The van der Waals surface area contributed by atoms with Crippen molar-refractivity contribution in [2.24, 2.45) is 0 Å². The molecular weight excluding hydrogens is 293 g/mol. The number of anilines is 2. The maximum Gasteiger partial charge on any atom is 0.416 e. The quantitative estimate of drug-likeness (QED) is 0.871. The molecule has 0 saturated heterocycles. The Hall–Kier alpha value is -2.50. The molecule has 0 saturated carbocycles. The van der Waals surface area contributed by atoms with Gasteiger partial charge in [0.15, 0.2) is 0 Å². The van der Waals surface area contributed by atoms with Gasteiger partial charge in [0.05, 0.1) is 5.56 Å². The summed E-state index contributed by atoms with van der Waals surface area (Å²) < 4.78 is 37.5. The van der Waals surface area contributed by atoms with Crippen LogP contribution in [0.25, 0.3) is 0 Å². The average molecular weight is 308 g/mol. The number of para-hydroxylation sites is 1. The summed E-state index contributed by atoms with van der Waals surface area (Å²) in [5, 5.41) is 2.59. The Morgan fingerprint density at radius 2 is 1.64 bits per heavy atom. The van der Waals surface area contributed by atoms with Crippen molar-refractivity contribution in [3.8, 4) is 0 Å². The number of alkyl halides is 3. The van der Waals surface area contributed by atoms with Gasteiger partial charge in [0.25, 0.3) is 0 Å². The Morgan fingerprint density at radius 3 is 2.14 bits per heavy atom. The summed E-state index contributed by atoms with van der Waals surface area (Å²) in [4.78, 5) is 13.7. The highest BCUT2D eigenvalue weighted by Gasteiger charge is 2.30. The third-order valence-corrected chi connectivity index (χ3v) is 3.09. The van der Waals surface area contributed by atoms with Crippen LogP contribution < -0.4 is 10.2 Å². The summed E-state index contributed by atoms with van der Waals surface area (Å²) in [7, 11) is 0. The Morgan fingerprint density at radius 1 is 1.05 bits per heavy atom. The van der Waals surface area contributed by atoms with Crippen LogP contribution in [0.3, 0.4) is 0 Å². The zero-order valence-corrected chi connectivity index (χ0v) is 11.9. The van der Waals surface area contributed by atoms with Crippen LogP contribution in [0.4, 0.5) is 29.3 Å². The molecule has 0 spiro atoms. The molecular formula is C16H15F3N2O. The number of carbonyl (C=O) groups excluding carboxylic acids is 1. The van der Waals surface area contributed by atoms with Crippen molar-refractivity contribution in [2.75, 3.05) is 16.8 Å². The van der Waals surface area contributed by atoms with E-state index in [-0.39, 0.29) is 0 Å². The standard InChI is InChI=1S/C16H15F3N2O/c1-2-21(14-6-4-3-5-7-14)15(22)20-13-10-8-12(9-11-13)16(17,18)19/h3-11H,2H2,1H3,(H,20,22). The minimum absolute atomic E-state index is 0.312. The van der Waals surface area contributed by atoms with E-state index < -0.39 is 17.8 Å². The molecule has 0 aliphatic heterocycles. The number of hydrogen-bond donors (Lipinski definition) is 1. The normalized spacial score (nSPS) is 11.1. The van der Waals surface area contributed by atoms with Gasteiger partial charge in [-0.15, -0.1) is 0 Å². The van der Waals surface area contributed by atoms with E-state index >= 15 is 0 Å². The van der Waals surface area contributed by atoms with Gasteiger partial charge in [-0.3, -0.25) is 4.90 Å². The fraction of sp³-hybridized carbons (Fsp3) is 0.188. The average Bonchev–Trinajstić information content (AvgIpc) is 2.48. The van der Waals surface area contributed by atoms with Gasteiger partial charge in [-0.05, 0) is 43.3 Å². The molecule has 0 aliphatic rings. The number of amides is 2. The van der Waals surface area contributed by atoms with E-state index in [0.29, 0.717) is 12.2 Å². The summed E-state index contributed by atoms with van der Waals surface area (Å²) in [6, 6.07) is 13.0. The van der Waals surface area contributed by atoms with Crippen molar-refractivity contribution in [1.82, 2.24) is 0 Å². The Balaban J connectivity index is 2.11. The molecule has 2 aromatic carbocycles. The number of nitrogens with zero attached hydrogens (tertiary/aromatic N) is 1. The topological polar surface area (TPSA) is 32.3 Å². The van der Waals surface area contributed by atoms with Crippen molar-refractivity contribution < 1.29 is 18.0 Å². The molecule has 0 atom stereocenters. The predicted octanol–water partition coefficient (Wildman–Crippen LogP) is 4.76. The smallest absolute Gasteiger partial charge is 0.308 e. The van der Waals surface area contributed by atoms with Gasteiger partial charge < -0.3 is 5.32 Å². The fourth-order valence-electron chi connectivity index (χ4n) is 1.98. The molecule has 2 rings (SSSR count). The number of halogens is 3. The summed E-state index contributed by atoms with van der Waals surface area (Å²) in [5.74, 6) is 0. The number of benzene rings is 2. The van der Waals surface area contributed by atoms with Gasteiger partial charge in [0, 0.05) is 17.9 Å². The number of nitrogens with one attached hydrogen (secondary N) is 1. The highest BCUT2D eigenvalue weighted by molar-refractivity contribution is 6.01. The third-order valence-electron chi connectivity index (χ3n) is 3.09. The minimum Gasteiger partial charge on any atom is -0.308 e. The monoisotopic (exact) mass is 308 g/mol. The lowest BCUT2D eigenvalue weighted by molar-refractivity contribution is -0.137. The van der Waals surface area contributed by atoms with Crippen molar-refractivity contribution in [1.29, 1.82) is 0 Å². The molecule has 22 heavy (non-hydrogen) atoms. The SMILES string of the molecule is CCN(C(=O)Nc1ccc(C(F)(F)F)cc1)c1ccccc1. The molecule has 2 aromatic rings. The lowest BCUT2D eigenvalue weighted by atomic mass is 10.2. The lowest BCUT2D eigenvalue weighted by Crippen LogP contribution is -2.34. The molecule has 0 radical (unpaired) electrons. The van der Waals surface area contributed by atoms with Crippen LogP contribution >= 0.6 is 0 Å². The number of carbonyl (C=O) groups is 1. The molecule has 0 bridgehead atoms. The molecule has 0 aliphatic carbocycles. The van der Waals surface area contributed by atoms with Crippen molar-refractivity contribution in [3.63, 3.8) is 0 Å². The first-order valence-corrected chi connectivity index (χ1v) is 6.72. The molecule has 116 valence electrons. The molecule has 6 heteroatoms. The molecule has 0 heterocycles. The largest absolute Gasteiger partial charge is 0.416 e. The van der Waals surface area contributed by atoms with E-state index in [4.69, 9.17) is 0 Å². The van der Waals surface area contributed by atoms with Gasteiger partial charge in [0.1, 0.15) is 0 Å². The van der Waals surface area contributed by atoms with Gasteiger partial charge in [-0.2, -0.15) is 13.2 Å². The first-order valence-electron chi connectivity index (χ1n) is 6.72. The maximum absolute atomic E-state index is 12.5. The van der Waals surface area contributed by atoms with Crippen LogP contribution in [0, 0.1) is 0 Å². The Bertz CT molecular complexity index is 624. The summed E-state index contributed by atoms with van der Waals surface area (Å²) in [6.07, 6.45) is -4.39. The highest BCUT2D eigenvalue weighted by Crippen LogP contribution is 2.29. The van der Waals surface area contributed by atoms with Gasteiger partial charge in [-0.25, -0.2) is 4.79 Å². The fourth-order valence-corrected chi connectivity index (χ4v) is 1.98. The summed E-state index contributed by atoms with van der Waals surface area (Å²) >= 11 is 0. The van der Waals surface area contributed by atoms with E-state index in [0.717, 1.165) is 17.8 Å². The van der Waals surface area contributed by atoms with Gasteiger partial charge >= 0.3 is 12.2 Å². The summed E-state index contributed by atoms with van der Waals surface area (Å²) in [6.45, 7) is 2.26. The van der Waals surface area contributed by atoms with Crippen molar-refractivity contribution >= 4 is 17.4 Å².